The number of unbranched alkanes of at least 4 members (excludes halogenated alkanes) is 2. The maximum atomic E-state index is 9.65. The molecule has 0 amide bonds. The zero-order chi connectivity index (χ0) is 16.8. The van der Waals surface area contributed by atoms with Crippen LogP contribution in [0, 0.1) is 11.3 Å². The molecule has 2 aromatic rings. The molecule has 0 saturated carbocycles. The van der Waals surface area contributed by atoms with E-state index in [0.29, 0.717) is 0 Å². The van der Waals surface area contributed by atoms with Gasteiger partial charge in [0.25, 0.3) is 0 Å². The molecule has 0 N–H and O–H groups in total. The van der Waals surface area contributed by atoms with Crippen LogP contribution in [0.5, 0.6) is 0 Å². The van der Waals surface area contributed by atoms with Gasteiger partial charge in [-0.1, -0.05) is 50.1 Å². The fraction of sp³-hybridized carbons (Fsp3) is 0.429. The molecular formula is C21H24N2S. The van der Waals surface area contributed by atoms with Gasteiger partial charge in [0.15, 0.2) is 0 Å². The van der Waals surface area contributed by atoms with Crippen LogP contribution in [-0.2, 0) is 12.8 Å². The highest BCUT2D eigenvalue weighted by Crippen LogP contribution is 2.39. The summed E-state index contributed by atoms with van der Waals surface area (Å²) < 4.78 is 0. The maximum Gasteiger partial charge on any atom is 0.134 e. The normalized spacial score (nSPS) is 14.2. The minimum Gasteiger partial charge on any atom is -0.241 e. The number of hydrogen-bond donors (Lipinski definition) is 0. The van der Waals surface area contributed by atoms with Crippen molar-refractivity contribution in [1.82, 2.24) is 0 Å². The van der Waals surface area contributed by atoms with Gasteiger partial charge in [-0.15, -0.1) is 11.3 Å². The van der Waals surface area contributed by atoms with E-state index in [4.69, 9.17) is 4.99 Å². The smallest absolute Gasteiger partial charge is 0.134 e. The zero-order valence-corrected chi connectivity index (χ0v) is 15.2. The van der Waals surface area contributed by atoms with Crippen molar-refractivity contribution in [2.45, 2.75) is 58.3 Å². The third kappa shape index (κ3) is 3.76. The number of aliphatic imine (C=N–C) groups is 1. The summed E-state index contributed by atoms with van der Waals surface area (Å²) in [5.41, 5.74) is 4.41. The van der Waals surface area contributed by atoms with E-state index in [1.54, 1.807) is 11.3 Å². The first-order valence-electron chi connectivity index (χ1n) is 9.01. The fourth-order valence-corrected chi connectivity index (χ4v) is 4.54. The molecule has 3 rings (SSSR count). The van der Waals surface area contributed by atoms with Crippen molar-refractivity contribution in [1.29, 1.82) is 5.26 Å². The van der Waals surface area contributed by atoms with Crippen molar-refractivity contribution in [2.24, 2.45) is 4.99 Å². The van der Waals surface area contributed by atoms with Crippen LogP contribution in [0.25, 0.3) is 0 Å². The number of rotatable bonds is 6. The number of nitrogens with zero attached hydrogens (tertiary/aromatic N) is 2. The molecule has 0 unspecified atom stereocenters. The number of fused-ring (bicyclic) bond motifs is 1. The summed E-state index contributed by atoms with van der Waals surface area (Å²) in [7, 11) is 0. The second kappa shape index (κ2) is 8.26. The van der Waals surface area contributed by atoms with Crippen LogP contribution in [0.1, 0.15) is 67.0 Å². The van der Waals surface area contributed by atoms with Crippen LogP contribution in [0.2, 0.25) is 0 Å². The van der Waals surface area contributed by atoms with E-state index in [2.05, 4.69) is 37.3 Å². The van der Waals surface area contributed by atoms with Crippen molar-refractivity contribution in [2.75, 3.05) is 0 Å². The minimum absolute atomic E-state index is 0.832. The molecule has 0 spiro atoms. The molecule has 0 saturated heterocycles. The third-order valence-corrected chi connectivity index (χ3v) is 5.81. The van der Waals surface area contributed by atoms with Gasteiger partial charge in [-0.2, -0.15) is 5.26 Å². The van der Waals surface area contributed by atoms with Gasteiger partial charge in [-0.3, -0.25) is 0 Å². The van der Waals surface area contributed by atoms with Crippen molar-refractivity contribution < 1.29 is 0 Å². The van der Waals surface area contributed by atoms with Crippen molar-refractivity contribution >= 4 is 22.0 Å². The number of thiophene rings is 1. The fourth-order valence-electron chi connectivity index (χ4n) is 3.31. The predicted octanol–water partition coefficient (Wildman–Crippen LogP) is 6.20. The second-order valence-electron chi connectivity index (χ2n) is 6.38. The number of nitriles is 1. The van der Waals surface area contributed by atoms with Gasteiger partial charge >= 0.3 is 0 Å². The van der Waals surface area contributed by atoms with Gasteiger partial charge in [-0.25, -0.2) is 4.99 Å². The molecule has 2 nitrogen and oxygen atoms in total. The van der Waals surface area contributed by atoms with E-state index >= 15 is 0 Å². The molecule has 0 atom stereocenters. The molecule has 0 fully saturated rings. The van der Waals surface area contributed by atoms with E-state index in [0.717, 1.165) is 42.0 Å². The molecule has 1 aliphatic carbocycles. The first kappa shape index (κ1) is 16.9. The zero-order valence-electron chi connectivity index (χ0n) is 14.3. The molecule has 24 heavy (non-hydrogen) atoms. The lowest BCUT2D eigenvalue weighted by atomic mass is 9.96. The summed E-state index contributed by atoms with van der Waals surface area (Å²) in [6.45, 7) is 2.22. The first-order valence-corrected chi connectivity index (χ1v) is 9.82. The van der Waals surface area contributed by atoms with Crippen LogP contribution < -0.4 is 0 Å². The van der Waals surface area contributed by atoms with Crippen molar-refractivity contribution in [3.63, 3.8) is 0 Å². The molecule has 0 aliphatic heterocycles. The Kier molecular flexibility index (Phi) is 5.82. The van der Waals surface area contributed by atoms with Crippen LogP contribution in [-0.4, -0.2) is 5.71 Å². The molecule has 1 aliphatic rings. The molecular weight excluding hydrogens is 312 g/mol. The van der Waals surface area contributed by atoms with E-state index in [-0.39, 0.29) is 0 Å². The molecule has 3 heteroatoms. The highest BCUT2D eigenvalue weighted by atomic mass is 32.1. The van der Waals surface area contributed by atoms with Gasteiger partial charge in [0.05, 0.1) is 5.56 Å². The topological polar surface area (TPSA) is 36.1 Å². The highest BCUT2D eigenvalue weighted by molar-refractivity contribution is 7.16. The Balaban J connectivity index is 1.98. The Hall–Kier alpha value is -1.92. The van der Waals surface area contributed by atoms with Crippen molar-refractivity contribution in [3.8, 4) is 6.07 Å². The summed E-state index contributed by atoms with van der Waals surface area (Å²) in [4.78, 5) is 6.38. The van der Waals surface area contributed by atoms with Gasteiger partial charge in [0.1, 0.15) is 11.1 Å². The summed E-state index contributed by atoms with van der Waals surface area (Å²) >= 11 is 1.74. The molecule has 0 radical (unpaired) electrons. The number of hydrogen-bond acceptors (Lipinski definition) is 3. The molecule has 0 bridgehead atoms. The SMILES string of the molecule is CCCCC/C(=N/c1sc2c(c1C#N)CCCC2)c1ccccc1. The Labute approximate surface area is 148 Å². The van der Waals surface area contributed by atoms with E-state index in [9.17, 15) is 5.26 Å². The Morgan fingerprint density at radius 2 is 1.96 bits per heavy atom. The lowest BCUT2D eigenvalue weighted by molar-refractivity contribution is 0.696. The standard InChI is InChI=1S/C21H24N2S/c1-2-3-5-13-19(16-10-6-4-7-11-16)23-21-18(15-22)17-12-8-9-14-20(17)24-21/h4,6-7,10-11H,2-3,5,8-9,12-14H2,1H3/b23-19-. The van der Waals surface area contributed by atoms with Crippen molar-refractivity contribution in [3.05, 3.63) is 51.9 Å². The quantitative estimate of drug-likeness (QED) is 0.457. The number of benzene rings is 1. The summed E-state index contributed by atoms with van der Waals surface area (Å²) in [6.07, 6.45) is 9.15. The van der Waals surface area contributed by atoms with Gasteiger partial charge in [0.2, 0.25) is 0 Å². The van der Waals surface area contributed by atoms with E-state index < -0.39 is 0 Å². The van der Waals surface area contributed by atoms with Crippen LogP contribution in [0.15, 0.2) is 35.3 Å². The molecule has 1 aromatic heterocycles. The largest absolute Gasteiger partial charge is 0.241 e. The second-order valence-corrected chi connectivity index (χ2v) is 7.47. The lowest BCUT2D eigenvalue weighted by Gasteiger charge is -2.09. The Morgan fingerprint density at radius 3 is 2.71 bits per heavy atom. The summed E-state index contributed by atoms with van der Waals surface area (Å²) in [5, 5.41) is 10.6. The molecule has 1 aromatic carbocycles. The average Bonchev–Trinajstić information content (AvgIpc) is 2.99. The van der Waals surface area contributed by atoms with Gasteiger partial charge in [0, 0.05) is 10.6 Å². The minimum atomic E-state index is 0.832. The van der Waals surface area contributed by atoms with Crippen LogP contribution in [0.3, 0.4) is 0 Å². The molecule has 1 heterocycles. The van der Waals surface area contributed by atoms with Crippen LogP contribution >= 0.6 is 11.3 Å². The monoisotopic (exact) mass is 336 g/mol. The van der Waals surface area contributed by atoms with Gasteiger partial charge < -0.3 is 0 Å². The van der Waals surface area contributed by atoms with E-state index in [1.165, 1.54) is 41.7 Å². The predicted molar refractivity (Wildman–Crippen MR) is 102 cm³/mol. The summed E-state index contributed by atoms with van der Waals surface area (Å²) in [5.74, 6) is 0. The van der Waals surface area contributed by atoms with Gasteiger partial charge in [-0.05, 0) is 49.7 Å². The summed E-state index contributed by atoms with van der Waals surface area (Å²) in [6, 6.07) is 12.9. The maximum absolute atomic E-state index is 9.65. The average molecular weight is 337 g/mol. The highest BCUT2D eigenvalue weighted by Gasteiger charge is 2.21. The third-order valence-electron chi connectivity index (χ3n) is 4.63. The number of aryl methyl sites for hydroxylation is 1. The van der Waals surface area contributed by atoms with E-state index in [1.807, 2.05) is 6.07 Å². The first-order chi connectivity index (χ1) is 11.8. The Bertz CT molecular complexity index is 750. The Morgan fingerprint density at radius 1 is 1.17 bits per heavy atom. The van der Waals surface area contributed by atoms with Crippen LogP contribution in [0.4, 0.5) is 5.00 Å². The lowest BCUT2D eigenvalue weighted by Crippen LogP contribution is -2.01. The molecule has 124 valence electrons.